The molecule has 2 rings (SSSR count). The van der Waals surface area contributed by atoms with Crippen LogP contribution in [0.5, 0.6) is 0 Å². The summed E-state index contributed by atoms with van der Waals surface area (Å²) in [5, 5.41) is 9.03. The largest absolute Gasteiger partial charge is 0.480 e. The minimum absolute atomic E-state index is 0.577. The number of fused-ring (bicyclic) bond motifs is 2. The molecule has 2 atom stereocenters. The van der Waals surface area contributed by atoms with Crippen molar-refractivity contribution >= 4 is 5.97 Å². The van der Waals surface area contributed by atoms with E-state index in [9.17, 15) is 4.79 Å². The van der Waals surface area contributed by atoms with Crippen LogP contribution in [0.25, 0.3) is 0 Å². The monoisotopic (exact) mass is 183 g/mol. The second kappa shape index (κ2) is 2.98. The average molecular weight is 183 g/mol. The Balaban J connectivity index is 2.13. The molecule has 0 aromatic heterocycles. The summed E-state index contributed by atoms with van der Waals surface area (Å²) >= 11 is 0. The number of carboxylic acid groups (broad SMARTS) is 1. The average Bonchev–Trinajstić information content (AvgIpc) is 2.02. The zero-order chi connectivity index (χ0) is 9.47. The molecule has 0 aromatic carbocycles. The lowest BCUT2D eigenvalue weighted by Gasteiger charge is -2.42. The van der Waals surface area contributed by atoms with Crippen LogP contribution < -0.4 is 5.73 Å². The van der Waals surface area contributed by atoms with Gasteiger partial charge in [0.2, 0.25) is 0 Å². The molecule has 2 bridgehead atoms. The number of aliphatic carboxylic acids is 1. The molecule has 0 radical (unpaired) electrons. The van der Waals surface area contributed by atoms with E-state index < -0.39 is 11.5 Å². The zero-order valence-corrected chi connectivity index (χ0v) is 7.83. The van der Waals surface area contributed by atoms with Crippen LogP contribution >= 0.6 is 0 Å². The quantitative estimate of drug-likeness (QED) is 0.645. The van der Waals surface area contributed by atoms with E-state index in [1.807, 2.05) is 0 Å². The third-order valence-corrected chi connectivity index (χ3v) is 3.62. The topological polar surface area (TPSA) is 63.3 Å². The van der Waals surface area contributed by atoms with Gasteiger partial charge in [0.15, 0.2) is 0 Å². The van der Waals surface area contributed by atoms with Gasteiger partial charge in [0, 0.05) is 0 Å². The third kappa shape index (κ3) is 1.57. The highest BCUT2D eigenvalue weighted by molar-refractivity contribution is 5.78. The van der Waals surface area contributed by atoms with Crippen molar-refractivity contribution in [3.05, 3.63) is 0 Å². The summed E-state index contributed by atoms with van der Waals surface area (Å²) in [5.74, 6) is 0.353. The lowest BCUT2D eigenvalue weighted by molar-refractivity contribution is -0.146. The van der Waals surface area contributed by atoms with Gasteiger partial charge in [-0.25, -0.2) is 0 Å². The third-order valence-electron chi connectivity index (χ3n) is 3.62. The van der Waals surface area contributed by atoms with Crippen LogP contribution in [0.15, 0.2) is 0 Å². The number of rotatable bonds is 1. The van der Waals surface area contributed by atoms with Crippen LogP contribution in [0.2, 0.25) is 0 Å². The van der Waals surface area contributed by atoms with Crippen molar-refractivity contribution in [1.29, 1.82) is 0 Å². The fourth-order valence-electron chi connectivity index (χ4n) is 3.06. The molecule has 3 N–H and O–H groups in total. The Kier molecular flexibility index (Phi) is 2.06. The number of hydrogen-bond donors (Lipinski definition) is 2. The molecule has 3 nitrogen and oxygen atoms in total. The summed E-state index contributed by atoms with van der Waals surface area (Å²) in [6.45, 7) is 0. The first-order valence-corrected chi connectivity index (χ1v) is 5.12. The maximum absolute atomic E-state index is 11.0. The highest BCUT2D eigenvalue weighted by Gasteiger charge is 2.44. The van der Waals surface area contributed by atoms with Gasteiger partial charge in [0.1, 0.15) is 5.54 Å². The molecule has 0 amide bonds. The lowest BCUT2D eigenvalue weighted by atomic mass is 9.65. The molecule has 74 valence electrons. The molecule has 0 heterocycles. The Labute approximate surface area is 78.3 Å². The zero-order valence-electron chi connectivity index (χ0n) is 7.83. The second-order valence-electron chi connectivity index (χ2n) is 4.77. The van der Waals surface area contributed by atoms with Crippen LogP contribution in [0, 0.1) is 11.8 Å². The molecule has 0 spiro atoms. The SMILES string of the molecule is NC1(C(=O)O)CC2CCCC(C2)C1. The van der Waals surface area contributed by atoms with Crippen molar-refractivity contribution in [2.45, 2.75) is 44.1 Å². The van der Waals surface area contributed by atoms with Gasteiger partial charge in [-0.05, 0) is 31.1 Å². The minimum Gasteiger partial charge on any atom is -0.480 e. The van der Waals surface area contributed by atoms with Crippen LogP contribution in [0.4, 0.5) is 0 Å². The maximum Gasteiger partial charge on any atom is 0.323 e. The van der Waals surface area contributed by atoms with Crippen LogP contribution in [0.1, 0.15) is 38.5 Å². The van der Waals surface area contributed by atoms with Gasteiger partial charge in [0.25, 0.3) is 0 Å². The standard InChI is InChI=1S/C10H17NO2/c11-10(9(12)13)5-7-2-1-3-8(4-7)6-10/h7-8H,1-6,11H2,(H,12,13). The van der Waals surface area contributed by atoms with Gasteiger partial charge in [-0.15, -0.1) is 0 Å². The van der Waals surface area contributed by atoms with Crippen molar-refractivity contribution in [2.24, 2.45) is 17.6 Å². The molecule has 3 heteroatoms. The highest BCUT2D eigenvalue weighted by Crippen LogP contribution is 2.43. The van der Waals surface area contributed by atoms with Gasteiger partial charge >= 0.3 is 5.97 Å². The van der Waals surface area contributed by atoms with E-state index in [2.05, 4.69) is 0 Å². The van der Waals surface area contributed by atoms with Crippen LogP contribution in [-0.2, 0) is 4.79 Å². The van der Waals surface area contributed by atoms with E-state index in [-0.39, 0.29) is 0 Å². The second-order valence-corrected chi connectivity index (χ2v) is 4.77. The molecule has 13 heavy (non-hydrogen) atoms. The molecule has 2 aliphatic rings. The smallest absolute Gasteiger partial charge is 0.323 e. The van der Waals surface area contributed by atoms with E-state index in [0.29, 0.717) is 24.7 Å². The van der Waals surface area contributed by atoms with Crippen LogP contribution in [-0.4, -0.2) is 16.6 Å². The fraction of sp³-hybridized carbons (Fsp3) is 0.900. The molecule has 2 saturated carbocycles. The molecule has 0 aromatic rings. The highest BCUT2D eigenvalue weighted by atomic mass is 16.4. The summed E-state index contributed by atoms with van der Waals surface area (Å²) < 4.78 is 0. The summed E-state index contributed by atoms with van der Waals surface area (Å²) in [4.78, 5) is 11.0. The molecule has 0 saturated heterocycles. The summed E-state index contributed by atoms with van der Waals surface area (Å²) in [5.41, 5.74) is 4.98. The van der Waals surface area contributed by atoms with Gasteiger partial charge in [-0.2, -0.15) is 0 Å². The number of carboxylic acids is 1. The molecular weight excluding hydrogens is 166 g/mol. The first kappa shape index (κ1) is 9.00. The van der Waals surface area contributed by atoms with E-state index >= 15 is 0 Å². The molecular formula is C10H17NO2. The fourth-order valence-corrected chi connectivity index (χ4v) is 3.06. The number of hydrogen-bond acceptors (Lipinski definition) is 2. The van der Waals surface area contributed by atoms with Crippen molar-refractivity contribution < 1.29 is 9.90 Å². The van der Waals surface area contributed by atoms with E-state index in [4.69, 9.17) is 10.8 Å². The Morgan fingerprint density at radius 3 is 2.31 bits per heavy atom. The minimum atomic E-state index is -0.909. The van der Waals surface area contributed by atoms with Crippen molar-refractivity contribution in [3.8, 4) is 0 Å². The summed E-state index contributed by atoms with van der Waals surface area (Å²) in [6.07, 6.45) is 6.24. The van der Waals surface area contributed by atoms with E-state index in [0.717, 1.165) is 0 Å². The molecule has 0 aliphatic heterocycles. The summed E-state index contributed by atoms with van der Waals surface area (Å²) in [7, 11) is 0. The van der Waals surface area contributed by atoms with Gasteiger partial charge < -0.3 is 10.8 Å². The Morgan fingerprint density at radius 1 is 1.31 bits per heavy atom. The van der Waals surface area contributed by atoms with Crippen molar-refractivity contribution in [3.63, 3.8) is 0 Å². The first-order chi connectivity index (χ1) is 6.10. The maximum atomic E-state index is 11.0. The van der Waals surface area contributed by atoms with Gasteiger partial charge in [0.05, 0.1) is 0 Å². The van der Waals surface area contributed by atoms with Crippen molar-refractivity contribution in [1.82, 2.24) is 0 Å². The molecule has 2 unspecified atom stereocenters. The number of nitrogens with two attached hydrogens (primary N) is 1. The van der Waals surface area contributed by atoms with E-state index in [1.54, 1.807) is 0 Å². The van der Waals surface area contributed by atoms with Crippen molar-refractivity contribution in [2.75, 3.05) is 0 Å². The molecule has 2 fully saturated rings. The van der Waals surface area contributed by atoms with Gasteiger partial charge in [-0.1, -0.05) is 19.3 Å². The Hall–Kier alpha value is -0.570. The summed E-state index contributed by atoms with van der Waals surface area (Å²) in [6, 6.07) is 0. The Bertz CT molecular complexity index is 215. The van der Waals surface area contributed by atoms with Gasteiger partial charge in [-0.3, -0.25) is 4.79 Å². The normalized spacial score (nSPS) is 44.4. The predicted octanol–water partition coefficient (Wildman–Crippen LogP) is 1.37. The predicted molar refractivity (Wildman–Crippen MR) is 49.2 cm³/mol. The van der Waals surface area contributed by atoms with Crippen LogP contribution in [0.3, 0.4) is 0 Å². The Morgan fingerprint density at radius 2 is 1.85 bits per heavy atom. The molecule has 2 aliphatic carbocycles. The lowest BCUT2D eigenvalue weighted by Crippen LogP contribution is -2.54. The number of carbonyl (C=O) groups is 1. The van der Waals surface area contributed by atoms with E-state index in [1.165, 1.54) is 25.7 Å². The first-order valence-electron chi connectivity index (χ1n) is 5.12.